The Balaban J connectivity index is 2.23. The van der Waals surface area contributed by atoms with Gasteiger partial charge in [0.25, 0.3) is 0 Å². The van der Waals surface area contributed by atoms with Crippen LogP contribution in [-0.2, 0) is 11.2 Å². The Morgan fingerprint density at radius 2 is 2.14 bits per heavy atom. The van der Waals surface area contributed by atoms with E-state index in [-0.39, 0.29) is 18.1 Å². The van der Waals surface area contributed by atoms with Crippen LogP contribution in [0.15, 0.2) is 16.7 Å². The van der Waals surface area contributed by atoms with Crippen LogP contribution in [0.3, 0.4) is 0 Å². The smallest absolute Gasteiger partial charge is 0.200 e. The Kier molecular flexibility index (Phi) is 3.48. The zero-order valence-electron chi connectivity index (χ0n) is 13.0. The predicted octanol–water partition coefficient (Wildman–Crippen LogP) is 2.34. The molecule has 3 aromatic rings. The Morgan fingerprint density at radius 3 is 2.73 bits per heavy atom. The van der Waals surface area contributed by atoms with Gasteiger partial charge in [-0.05, 0) is 6.92 Å². The van der Waals surface area contributed by atoms with E-state index in [4.69, 9.17) is 4.42 Å². The molecule has 3 heterocycles. The standard InChI is InChI=1S/C15H17N5O2/c1-8(2)14-18-13-6-11(5-9(3)21)17-15(20(13)19-14)12-7-16-10(4)22-12/h6-8H,5H2,1-4H3. The first-order valence-corrected chi connectivity index (χ1v) is 7.13. The number of carbonyl (C=O) groups is 1. The maximum Gasteiger partial charge on any atom is 0.200 e. The van der Waals surface area contributed by atoms with Crippen molar-refractivity contribution in [2.24, 2.45) is 0 Å². The number of aromatic nitrogens is 5. The quantitative estimate of drug-likeness (QED) is 0.735. The number of rotatable bonds is 4. The molecule has 0 N–H and O–H groups in total. The van der Waals surface area contributed by atoms with Gasteiger partial charge in [-0.3, -0.25) is 4.79 Å². The van der Waals surface area contributed by atoms with E-state index in [2.05, 4.69) is 20.1 Å². The van der Waals surface area contributed by atoms with E-state index in [1.807, 2.05) is 13.8 Å². The summed E-state index contributed by atoms with van der Waals surface area (Å²) in [6.45, 7) is 7.35. The molecule has 7 nitrogen and oxygen atoms in total. The van der Waals surface area contributed by atoms with E-state index in [1.54, 1.807) is 23.7 Å². The molecule has 0 spiro atoms. The topological polar surface area (TPSA) is 86.2 Å². The van der Waals surface area contributed by atoms with Gasteiger partial charge < -0.3 is 4.42 Å². The second-order valence-corrected chi connectivity index (χ2v) is 5.59. The van der Waals surface area contributed by atoms with Gasteiger partial charge in [-0.25, -0.2) is 15.0 Å². The molecular formula is C15H17N5O2. The van der Waals surface area contributed by atoms with Gasteiger partial charge in [0.05, 0.1) is 11.9 Å². The molecule has 0 aliphatic carbocycles. The van der Waals surface area contributed by atoms with Gasteiger partial charge in [-0.2, -0.15) is 4.52 Å². The third-order valence-corrected chi connectivity index (χ3v) is 3.18. The third kappa shape index (κ3) is 2.61. The first-order chi connectivity index (χ1) is 10.4. The SMILES string of the molecule is CC(=O)Cc1cc2nc(C(C)C)nn2c(-c2cnc(C)o2)n1. The van der Waals surface area contributed by atoms with E-state index in [0.717, 1.165) is 5.82 Å². The third-order valence-electron chi connectivity index (χ3n) is 3.18. The van der Waals surface area contributed by atoms with Crippen molar-refractivity contribution in [3.8, 4) is 11.6 Å². The molecule has 0 fully saturated rings. The first kappa shape index (κ1) is 14.4. The van der Waals surface area contributed by atoms with Crippen molar-refractivity contribution in [2.45, 2.75) is 40.0 Å². The van der Waals surface area contributed by atoms with Crippen molar-refractivity contribution in [1.29, 1.82) is 0 Å². The van der Waals surface area contributed by atoms with Crippen LogP contribution in [0.25, 0.3) is 17.2 Å². The lowest BCUT2D eigenvalue weighted by Gasteiger charge is -2.03. The molecule has 3 rings (SSSR count). The fourth-order valence-electron chi connectivity index (χ4n) is 2.17. The van der Waals surface area contributed by atoms with Gasteiger partial charge in [0.15, 0.2) is 23.1 Å². The number of ketones is 1. The molecule has 0 saturated carbocycles. The summed E-state index contributed by atoms with van der Waals surface area (Å²) in [4.78, 5) is 24.5. The van der Waals surface area contributed by atoms with Crippen molar-refractivity contribution in [3.05, 3.63) is 29.7 Å². The highest BCUT2D eigenvalue weighted by molar-refractivity contribution is 5.78. The highest BCUT2D eigenvalue weighted by Gasteiger charge is 2.17. The monoisotopic (exact) mass is 299 g/mol. The average Bonchev–Trinajstić information content (AvgIpc) is 3.03. The molecule has 0 amide bonds. The molecule has 0 radical (unpaired) electrons. The van der Waals surface area contributed by atoms with E-state index in [0.29, 0.717) is 28.8 Å². The zero-order chi connectivity index (χ0) is 15.9. The van der Waals surface area contributed by atoms with Crippen molar-refractivity contribution in [3.63, 3.8) is 0 Å². The van der Waals surface area contributed by atoms with E-state index < -0.39 is 0 Å². The van der Waals surface area contributed by atoms with E-state index >= 15 is 0 Å². The summed E-state index contributed by atoms with van der Waals surface area (Å²) in [7, 11) is 0. The molecule has 3 aromatic heterocycles. The number of Topliss-reactive ketones (excluding diaryl/α,β-unsaturated/α-hetero) is 1. The number of oxazole rings is 1. The van der Waals surface area contributed by atoms with Gasteiger partial charge in [0, 0.05) is 25.3 Å². The van der Waals surface area contributed by atoms with Gasteiger partial charge >= 0.3 is 0 Å². The molecule has 0 unspecified atom stereocenters. The molecule has 0 bridgehead atoms. The average molecular weight is 299 g/mol. The summed E-state index contributed by atoms with van der Waals surface area (Å²) in [5.74, 6) is 2.52. The Labute approximate surface area is 127 Å². The lowest BCUT2D eigenvalue weighted by atomic mass is 10.2. The minimum absolute atomic E-state index is 0.0418. The summed E-state index contributed by atoms with van der Waals surface area (Å²) in [6.07, 6.45) is 1.85. The van der Waals surface area contributed by atoms with E-state index in [9.17, 15) is 4.79 Å². The highest BCUT2D eigenvalue weighted by atomic mass is 16.4. The summed E-state index contributed by atoms with van der Waals surface area (Å²) < 4.78 is 7.20. The summed E-state index contributed by atoms with van der Waals surface area (Å²) in [6, 6.07) is 1.78. The molecule has 114 valence electrons. The molecule has 0 aromatic carbocycles. The lowest BCUT2D eigenvalue weighted by molar-refractivity contribution is -0.116. The summed E-state index contributed by atoms with van der Waals surface area (Å²) in [5, 5.41) is 4.49. The van der Waals surface area contributed by atoms with Crippen molar-refractivity contribution in [1.82, 2.24) is 24.6 Å². The highest BCUT2D eigenvalue weighted by Crippen LogP contribution is 2.21. The number of fused-ring (bicyclic) bond motifs is 1. The second-order valence-electron chi connectivity index (χ2n) is 5.59. The fraction of sp³-hybridized carbons (Fsp3) is 0.400. The van der Waals surface area contributed by atoms with Crippen LogP contribution in [0.5, 0.6) is 0 Å². The van der Waals surface area contributed by atoms with Gasteiger partial charge in [0.1, 0.15) is 5.78 Å². The number of nitrogens with zero attached hydrogens (tertiary/aromatic N) is 5. The Morgan fingerprint density at radius 1 is 1.36 bits per heavy atom. The number of aryl methyl sites for hydroxylation is 1. The van der Waals surface area contributed by atoms with Crippen LogP contribution in [0.1, 0.15) is 44.1 Å². The summed E-state index contributed by atoms with van der Waals surface area (Å²) in [5.41, 5.74) is 1.30. The second kappa shape index (κ2) is 5.32. The van der Waals surface area contributed by atoms with Crippen LogP contribution in [-0.4, -0.2) is 30.3 Å². The van der Waals surface area contributed by atoms with Crippen molar-refractivity contribution >= 4 is 11.4 Å². The molecule has 22 heavy (non-hydrogen) atoms. The van der Waals surface area contributed by atoms with Crippen LogP contribution >= 0.6 is 0 Å². The lowest BCUT2D eigenvalue weighted by Crippen LogP contribution is -2.05. The fourth-order valence-corrected chi connectivity index (χ4v) is 2.17. The van der Waals surface area contributed by atoms with Gasteiger partial charge in [-0.15, -0.1) is 5.10 Å². The van der Waals surface area contributed by atoms with Crippen LogP contribution < -0.4 is 0 Å². The minimum atomic E-state index is 0.0418. The number of hydrogen-bond donors (Lipinski definition) is 0. The zero-order valence-corrected chi connectivity index (χ0v) is 13.0. The Bertz CT molecular complexity index is 847. The largest absolute Gasteiger partial charge is 0.438 e. The van der Waals surface area contributed by atoms with E-state index in [1.165, 1.54) is 6.92 Å². The van der Waals surface area contributed by atoms with Crippen LogP contribution in [0.2, 0.25) is 0 Å². The van der Waals surface area contributed by atoms with Crippen molar-refractivity contribution < 1.29 is 9.21 Å². The number of hydrogen-bond acceptors (Lipinski definition) is 6. The molecule has 0 saturated heterocycles. The van der Waals surface area contributed by atoms with Crippen molar-refractivity contribution in [2.75, 3.05) is 0 Å². The van der Waals surface area contributed by atoms with Gasteiger partial charge in [-0.1, -0.05) is 13.8 Å². The predicted molar refractivity (Wildman–Crippen MR) is 79.5 cm³/mol. The van der Waals surface area contributed by atoms with Gasteiger partial charge in [0.2, 0.25) is 5.82 Å². The maximum atomic E-state index is 11.4. The van der Waals surface area contributed by atoms with Crippen LogP contribution in [0.4, 0.5) is 0 Å². The first-order valence-electron chi connectivity index (χ1n) is 7.13. The minimum Gasteiger partial charge on any atom is -0.438 e. The summed E-state index contributed by atoms with van der Waals surface area (Å²) >= 11 is 0. The molecule has 0 aliphatic heterocycles. The molecule has 7 heteroatoms. The maximum absolute atomic E-state index is 11.4. The molecule has 0 aliphatic rings. The number of carbonyl (C=O) groups excluding carboxylic acids is 1. The van der Waals surface area contributed by atoms with Crippen LogP contribution in [0, 0.1) is 6.92 Å². The normalized spacial score (nSPS) is 11.5. The molecular weight excluding hydrogens is 282 g/mol. The Hall–Kier alpha value is -2.57. The molecule has 0 atom stereocenters.